The summed E-state index contributed by atoms with van der Waals surface area (Å²) in [4.78, 5) is 34.4. The zero-order valence-corrected chi connectivity index (χ0v) is 14.2. The Hall–Kier alpha value is -2.57. The van der Waals surface area contributed by atoms with E-state index in [1.54, 1.807) is 19.2 Å². The molecule has 0 radical (unpaired) electrons. The lowest BCUT2D eigenvalue weighted by Gasteiger charge is -2.19. The first-order valence-electron chi connectivity index (χ1n) is 7.93. The number of aliphatic carboxylic acids is 2. The number of anilines is 1. The van der Waals surface area contributed by atoms with Gasteiger partial charge >= 0.3 is 11.9 Å². The summed E-state index contributed by atoms with van der Waals surface area (Å²) in [5.41, 5.74) is 3.25. The van der Waals surface area contributed by atoms with Crippen molar-refractivity contribution in [3.8, 4) is 0 Å². The van der Waals surface area contributed by atoms with E-state index in [1.165, 1.54) is 0 Å². The number of nitrogens with one attached hydrogen (secondary N) is 2. The minimum absolute atomic E-state index is 0.160. The monoisotopic (exact) mass is 336 g/mol. The molecule has 1 rings (SSSR count). The molecule has 1 atom stereocenters. The highest BCUT2D eigenvalue weighted by Crippen LogP contribution is 2.25. The van der Waals surface area contributed by atoms with Crippen LogP contribution in [0.5, 0.6) is 0 Å². The normalized spacial score (nSPS) is 11.6. The van der Waals surface area contributed by atoms with Crippen LogP contribution in [0.15, 0.2) is 12.1 Å². The van der Waals surface area contributed by atoms with Crippen molar-refractivity contribution < 1.29 is 24.6 Å². The van der Waals surface area contributed by atoms with Crippen molar-refractivity contribution >= 4 is 23.5 Å². The summed E-state index contributed by atoms with van der Waals surface area (Å²) in [6.45, 7) is 3.92. The van der Waals surface area contributed by atoms with Gasteiger partial charge in [0.1, 0.15) is 6.04 Å². The van der Waals surface area contributed by atoms with Crippen molar-refractivity contribution in [1.82, 2.24) is 5.32 Å². The third-order valence-corrected chi connectivity index (χ3v) is 3.90. The van der Waals surface area contributed by atoms with Gasteiger partial charge < -0.3 is 20.8 Å². The summed E-state index contributed by atoms with van der Waals surface area (Å²) >= 11 is 0. The van der Waals surface area contributed by atoms with Gasteiger partial charge in [-0.15, -0.1) is 0 Å². The average molecular weight is 336 g/mol. The molecule has 4 N–H and O–H groups in total. The quantitative estimate of drug-likeness (QED) is 0.547. The van der Waals surface area contributed by atoms with Crippen LogP contribution in [-0.4, -0.2) is 41.1 Å². The zero-order valence-electron chi connectivity index (χ0n) is 14.2. The summed E-state index contributed by atoms with van der Waals surface area (Å²) in [6, 6.07) is 2.22. The van der Waals surface area contributed by atoms with Crippen molar-refractivity contribution in [1.29, 1.82) is 0 Å². The Balaban J connectivity index is 3.09. The SMILES string of the molecule is CCc1c(NC)ccc(C(=O)N[C@@H](CCC(=O)O)C(=O)O)c1CC. The number of hydrogen-bond acceptors (Lipinski definition) is 4. The first-order chi connectivity index (χ1) is 11.3. The van der Waals surface area contributed by atoms with Gasteiger partial charge in [-0.25, -0.2) is 4.79 Å². The minimum atomic E-state index is -1.25. The van der Waals surface area contributed by atoms with Crippen LogP contribution in [0.25, 0.3) is 0 Å². The fourth-order valence-corrected chi connectivity index (χ4v) is 2.71. The minimum Gasteiger partial charge on any atom is -0.481 e. The second kappa shape index (κ2) is 8.90. The van der Waals surface area contributed by atoms with E-state index in [2.05, 4.69) is 10.6 Å². The van der Waals surface area contributed by atoms with Crippen LogP contribution in [0, 0.1) is 0 Å². The van der Waals surface area contributed by atoms with Crippen LogP contribution in [-0.2, 0) is 22.4 Å². The predicted molar refractivity (Wildman–Crippen MR) is 90.5 cm³/mol. The molecule has 0 heterocycles. The Kier molecular flexibility index (Phi) is 7.23. The van der Waals surface area contributed by atoms with Crippen LogP contribution in [0.3, 0.4) is 0 Å². The van der Waals surface area contributed by atoms with E-state index in [1.807, 2.05) is 13.8 Å². The summed E-state index contributed by atoms with van der Waals surface area (Å²) in [5.74, 6) is -2.84. The molecule has 0 saturated carbocycles. The Morgan fingerprint density at radius 3 is 2.17 bits per heavy atom. The third-order valence-electron chi connectivity index (χ3n) is 3.90. The van der Waals surface area contributed by atoms with Gasteiger partial charge in [-0.2, -0.15) is 0 Å². The molecule has 0 aliphatic rings. The smallest absolute Gasteiger partial charge is 0.326 e. The molecule has 0 aliphatic carbocycles. The summed E-state index contributed by atoms with van der Waals surface area (Å²) in [6.07, 6.45) is 0.889. The van der Waals surface area contributed by atoms with E-state index in [4.69, 9.17) is 5.11 Å². The largest absolute Gasteiger partial charge is 0.481 e. The van der Waals surface area contributed by atoms with Crippen LogP contribution in [0.4, 0.5) is 5.69 Å². The summed E-state index contributed by atoms with van der Waals surface area (Å²) in [5, 5.41) is 23.4. The number of rotatable bonds is 9. The number of benzene rings is 1. The van der Waals surface area contributed by atoms with Gasteiger partial charge in [0.2, 0.25) is 0 Å². The standard InChI is InChI=1S/C17H24N2O5/c1-4-10-11(5-2)13(18-3)7-6-12(10)16(22)19-14(17(23)24)8-9-15(20)21/h6-7,14,18H,4-5,8-9H2,1-3H3,(H,19,22)(H,20,21)(H,23,24)/t14-/m0/s1. The first-order valence-corrected chi connectivity index (χ1v) is 7.93. The van der Waals surface area contributed by atoms with Gasteiger partial charge in [0.15, 0.2) is 0 Å². The molecule has 7 heteroatoms. The lowest BCUT2D eigenvalue weighted by Crippen LogP contribution is -2.41. The fourth-order valence-electron chi connectivity index (χ4n) is 2.71. The summed E-state index contributed by atoms with van der Waals surface area (Å²) in [7, 11) is 1.81. The highest BCUT2D eigenvalue weighted by Gasteiger charge is 2.23. The van der Waals surface area contributed by atoms with E-state index in [0.717, 1.165) is 23.2 Å². The molecular formula is C17H24N2O5. The van der Waals surface area contributed by atoms with Crippen LogP contribution >= 0.6 is 0 Å². The Labute approximate surface area is 141 Å². The van der Waals surface area contributed by atoms with Gasteiger partial charge in [0, 0.05) is 24.7 Å². The third kappa shape index (κ3) is 4.71. The Morgan fingerprint density at radius 1 is 1.08 bits per heavy atom. The molecule has 24 heavy (non-hydrogen) atoms. The van der Waals surface area contributed by atoms with E-state index in [-0.39, 0.29) is 12.8 Å². The maximum atomic E-state index is 12.5. The van der Waals surface area contributed by atoms with Crippen LogP contribution in [0.2, 0.25) is 0 Å². The van der Waals surface area contributed by atoms with Crippen molar-refractivity contribution in [3.05, 3.63) is 28.8 Å². The number of carbonyl (C=O) groups excluding carboxylic acids is 1. The van der Waals surface area contributed by atoms with Gasteiger partial charge in [0.25, 0.3) is 5.91 Å². The average Bonchev–Trinajstić information content (AvgIpc) is 2.56. The Bertz CT molecular complexity index is 628. The second-order valence-electron chi connectivity index (χ2n) is 5.37. The van der Waals surface area contributed by atoms with Gasteiger partial charge in [-0.1, -0.05) is 13.8 Å². The highest BCUT2D eigenvalue weighted by atomic mass is 16.4. The van der Waals surface area contributed by atoms with Gasteiger partial charge in [0.05, 0.1) is 0 Å². The number of carboxylic acids is 2. The topological polar surface area (TPSA) is 116 Å². The van der Waals surface area contributed by atoms with E-state index in [0.29, 0.717) is 12.0 Å². The van der Waals surface area contributed by atoms with Crippen molar-refractivity contribution in [2.75, 3.05) is 12.4 Å². The van der Waals surface area contributed by atoms with Crippen LogP contribution < -0.4 is 10.6 Å². The molecule has 0 spiro atoms. The first kappa shape index (κ1) is 19.5. The number of amides is 1. The van der Waals surface area contributed by atoms with Crippen molar-refractivity contribution in [2.45, 2.75) is 45.6 Å². The number of carboxylic acid groups (broad SMARTS) is 2. The molecule has 0 unspecified atom stereocenters. The summed E-state index contributed by atoms with van der Waals surface area (Å²) < 4.78 is 0. The fraction of sp³-hybridized carbons (Fsp3) is 0.471. The molecule has 1 aromatic rings. The molecule has 0 aromatic heterocycles. The highest BCUT2D eigenvalue weighted by molar-refractivity contribution is 5.98. The van der Waals surface area contributed by atoms with E-state index < -0.39 is 23.9 Å². The predicted octanol–water partition coefficient (Wildman–Crippen LogP) is 1.90. The molecule has 1 aromatic carbocycles. The maximum absolute atomic E-state index is 12.5. The zero-order chi connectivity index (χ0) is 18.3. The molecule has 0 saturated heterocycles. The second-order valence-corrected chi connectivity index (χ2v) is 5.37. The molecule has 0 fully saturated rings. The molecular weight excluding hydrogens is 312 g/mol. The lowest BCUT2D eigenvalue weighted by molar-refractivity contribution is -0.140. The van der Waals surface area contributed by atoms with E-state index >= 15 is 0 Å². The van der Waals surface area contributed by atoms with Crippen molar-refractivity contribution in [3.63, 3.8) is 0 Å². The molecule has 132 valence electrons. The molecule has 0 bridgehead atoms. The lowest BCUT2D eigenvalue weighted by atomic mass is 9.94. The van der Waals surface area contributed by atoms with Gasteiger partial charge in [-0.3, -0.25) is 9.59 Å². The van der Waals surface area contributed by atoms with Gasteiger partial charge in [-0.05, 0) is 42.5 Å². The molecule has 7 nitrogen and oxygen atoms in total. The molecule has 0 aliphatic heterocycles. The maximum Gasteiger partial charge on any atom is 0.326 e. The van der Waals surface area contributed by atoms with Crippen molar-refractivity contribution in [2.24, 2.45) is 0 Å². The number of hydrogen-bond donors (Lipinski definition) is 4. The number of carbonyl (C=O) groups is 3. The molecule has 1 amide bonds. The van der Waals surface area contributed by atoms with E-state index in [9.17, 15) is 19.5 Å². The van der Waals surface area contributed by atoms with Crippen LogP contribution in [0.1, 0.15) is 48.2 Å². The Morgan fingerprint density at radius 2 is 1.71 bits per heavy atom.